The average Bonchev–Trinajstić information content (AvgIpc) is 3.24. The smallest absolute Gasteiger partial charge is 0.371 e. The summed E-state index contributed by atoms with van der Waals surface area (Å²) in [6.07, 6.45) is -0.578. The van der Waals surface area contributed by atoms with Gasteiger partial charge in [0.05, 0.1) is 27.6 Å². The molecule has 0 fully saturated rings. The van der Waals surface area contributed by atoms with Crippen LogP contribution in [0.3, 0.4) is 0 Å². The molecule has 0 aliphatic heterocycles. The van der Waals surface area contributed by atoms with Gasteiger partial charge in [0.1, 0.15) is 5.78 Å². The lowest BCUT2D eigenvalue weighted by Gasteiger charge is -2.24. The molecule has 0 spiro atoms. The maximum Gasteiger partial charge on any atom is 0.371 e. The number of carbonyl (C=O) groups is 5. The molecule has 0 bridgehead atoms. The molecule has 0 amide bonds. The Labute approximate surface area is 206 Å². The number of ether oxygens (including phenoxy) is 3. The van der Waals surface area contributed by atoms with Gasteiger partial charge in [-0.3, -0.25) is 19.2 Å². The first-order chi connectivity index (χ1) is 15.3. The Bertz CT molecular complexity index is 831. The molecule has 11 heteroatoms. The molecule has 0 aliphatic rings. The van der Waals surface area contributed by atoms with Crippen molar-refractivity contribution in [3.8, 4) is 0 Å². The molecule has 33 heavy (non-hydrogen) atoms. The van der Waals surface area contributed by atoms with E-state index in [2.05, 4.69) is 0 Å². The molecule has 8 nitrogen and oxygen atoms in total. The molecule has 184 valence electrons. The number of carbonyl (C=O) groups excluding carboxylic acids is 5. The highest BCUT2D eigenvalue weighted by Crippen LogP contribution is 2.31. The summed E-state index contributed by atoms with van der Waals surface area (Å²) in [6.45, 7) is 9.22. The lowest BCUT2D eigenvalue weighted by atomic mass is 9.97. The van der Waals surface area contributed by atoms with Crippen LogP contribution < -0.4 is 0 Å². The maximum atomic E-state index is 12.9. The van der Waals surface area contributed by atoms with E-state index in [0.717, 1.165) is 11.8 Å². The van der Waals surface area contributed by atoms with E-state index in [-0.39, 0.29) is 35.1 Å². The highest BCUT2D eigenvalue weighted by atomic mass is 32.2. The molecule has 1 aromatic rings. The highest BCUT2D eigenvalue weighted by Gasteiger charge is 2.36. The van der Waals surface area contributed by atoms with E-state index in [1.807, 2.05) is 0 Å². The molecule has 0 saturated heterocycles. The molecule has 0 N–H and O–H groups in total. The van der Waals surface area contributed by atoms with Crippen molar-refractivity contribution in [3.05, 3.63) is 22.4 Å². The van der Waals surface area contributed by atoms with E-state index in [9.17, 15) is 24.0 Å². The summed E-state index contributed by atoms with van der Waals surface area (Å²) in [6, 6.07) is 3.45. The van der Waals surface area contributed by atoms with Gasteiger partial charge >= 0.3 is 17.2 Å². The number of hydrogen-bond acceptors (Lipinski definition) is 11. The number of thiophene rings is 1. The van der Waals surface area contributed by atoms with Crippen LogP contribution in [0.5, 0.6) is 0 Å². The third kappa shape index (κ3) is 10.7. The van der Waals surface area contributed by atoms with Crippen LogP contribution >= 0.6 is 34.9 Å². The van der Waals surface area contributed by atoms with E-state index < -0.39 is 34.7 Å². The first-order valence-corrected chi connectivity index (χ1v) is 13.0. The molecule has 1 heterocycles. The number of thioether (sulfide) groups is 2. The lowest BCUT2D eigenvalue weighted by Crippen LogP contribution is -2.35. The lowest BCUT2D eigenvalue weighted by molar-refractivity contribution is -0.155. The summed E-state index contributed by atoms with van der Waals surface area (Å²) in [5.41, 5.74) is 0. The molecule has 1 aromatic heterocycles. The summed E-state index contributed by atoms with van der Waals surface area (Å²) in [7, 11) is 0. The Morgan fingerprint density at radius 2 is 1.70 bits per heavy atom. The predicted octanol–water partition coefficient (Wildman–Crippen LogP) is 4.95. The van der Waals surface area contributed by atoms with Crippen molar-refractivity contribution in [2.24, 2.45) is 11.8 Å². The van der Waals surface area contributed by atoms with Crippen LogP contribution in [-0.4, -0.2) is 51.5 Å². The van der Waals surface area contributed by atoms with Gasteiger partial charge in [0.15, 0.2) is 0 Å². The number of esters is 2. The summed E-state index contributed by atoms with van der Waals surface area (Å²) >= 11 is 2.88. The van der Waals surface area contributed by atoms with Crippen LogP contribution in [0.25, 0.3) is 0 Å². The van der Waals surface area contributed by atoms with E-state index >= 15 is 0 Å². The molecule has 0 aromatic carbocycles. The monoisotopic (exact) mass is 518 g/mol. The van der Waals surface area contributed by atoms with Crippen molar-refractivity contribution in [2.45, 2.75) is 58.8 Å². The van der Waals surface area contributed by atoms with Crippen LogP contribution in [0, 0.1) is 11.8 Å². The summed E-state index contributed by atoms with van der Waals surface area (Å²) in [4.78, 5) is 61.9. The number of ketones is 1. The quantitative estimate of drug-likeness (QED) is 0.278. The van der Waals surface area contributed by atoms with Crippen molar-refractivity contribution in [1.29, 1.82) is 0 Å². The maximum absolute atomic E-state index is 12.9. The Balaban J connectivity index is 2.72. The van der Waals surface area contributed by atoms with Gasteiger partial charge in [-0.25, -0.2) is 4.79 Å². The fraction of sp³-hybridized carbons (Fsp3) is 0.591. The summed E-state index contributed by atoms with van der Waals surface area (Å²) in [5, 5.41) is 0.811. The number of hydrogen-bond donors (Lipinski definition) is 0. The van der Waals surface area contributed by atoms with Gasteiger partial charge < -0.3 is 14.2 Å². The molecule has 1 atom stereocenters. The zero-order valence-electron chi connectivity index (χ0n) is 19.6. The Morgan fingerprint density at radius 1 is 1.03 bits per heavy atom. The van der Waals surface area contributed by atoms with Gasteiger partial charge in [-0.1, -0.05) is 31.7 Å². The third-order valence-corrected chi connectivity index (χ3v) is 7.19. The standard InChI is InChI=1S/C22H30O8S3/c1-13(2)18(24)28-12-29-21(27)33-22(5,6)17(23)10-15(19(25)30-14(3)4)11-32-20(26)16-8-7-9-31-16/h7-9,13-15H,10-12H2,1-6H3/t15-/m0/s1. The van der Waals surface area contributed by atoms with Crippen molar-refractivity contribution < 1.29 is 38.2 Å². The normalized spacial score (nSPS) is 12.4. The number of Topliss-reactive ketones (excluding diaryl/α,β-unsaturated/α-hetero) is 1. The Hall–Kier alpha value is -1.85. The van der Waals surface area contributed by atoms with Gasteiger partial charge in [-0.15, -0.1) is 11.3 Å². The molecule has 0 unspecified atom stereocenters. The Kier molecular flexibility index (Phi) is 12.2. The molecular weight excluding hydrogens is 488 g/mol. The molecule has 0 radical (unpaired) electrons. The van der Waals surface area contributed by atoms with Crippen LogP contribution in [0.1, 0.15) is 57.6 Å². The minimum atomic E-state index is -1.21. The SMILES string of the molecule is CC(C)OC(=O)[C@H](CSC(=O)c1cccs1)CC(=O)C(C)(C)SC(=O)OCOC(=O)C(C)C. The first-order valence-electron chi connectivity index (χ1n) is 10.3. The van der Waals surface area contributed by atoms with Crippen molar-refractivity contribution in [1.82, 2.24) is 0 Å². The van der Waals surface area contributed by atoms with E-state index in [1.54, 1.807) is 45.2 Å². The summed E-state index contributed by atoms with van der Waals surface area (Å²) in [5.74, 6) is -2.60. The fourth-order valence-electron chi connectivity index (χ4n) is 2.25. The average molecular weight is 519 g/mol. The molecule has 0 saturated carbocycles. The zero-order chi connectivity index (χ0) is 25.2. The third-order valence-electron chi connectivity index (χ3n) is 4.11. The van der Waals surface area contributed by atoms with Gasteiger partial charge in [0, 0.05) is 12.2 Å². The second-order valence-electron chi connectivity index (χ2n) is 8.13. The van der Waals surface area contributed by atoms with Crippen molar-refractivity contribution in [2.75, 3.05) is 12.5 Å². The van der Waals surface area contributed by atoms with Crippen molar-refractivity contribution in [3.63, 3.8) is 0 Å². The Morgan fingerprint density at radius 3 is 2.24 bits per heavy atom. The van der Waals surface area contributed by atoms with Gasteiger partial charge in [-0.2, -0.15) is 0 Å². The summed E-state index contributed by atoms with van der Waals surface area (Å²) < 4.78 is 13.7. The zero-order valence-corrected chi connectivity index (χ0v) is 22.0. The van der Waals surface area contributed by atoms with Crippen LogP contribution in [0.15, 0.2) is 17.5 Å². The second kappa shape index (κ2) is 13.8. The van der Waals surface area contributed by atoms with Gasteiger partial charge in [0.2, 0.25) is 11.9 Å². The van der Waals surface area contributed by atoms with E-state index in [4.69, 9.17) is 14.2 Å². The van der Waals surface area contributed by atoms with Gasteiger partial charge in [-0.05, 0) is 50.9 Å². The molecule has 0 aliphatic carbocycles. The van der Waals surface area contributed by atoms with Crippen molar-refractivity contribution >= 4 is 63.0 Å². The van der Waals surface area contributed by atoms with E-state index in [0.29, 0.717) is 16.6 Å². The van der Waals surface area contributed by atoms with E-state index in [1.165, 1.54) is 25.2 Å². The van der Waals surface area contributed by atoms with Crippen LogP contribution in [0.2, 0.25) is 0 Å². The highest BCUT2D eigenvalue weighted by molar-refractivity contribution is 8.15. The number of rotatable bonds is 12. The second-order valence-corrected chi connectivity index (χ2v) is 11.6. The fourth-order valence-corrected chi connectivity index (χ4v) is 4.66. The minimum absolute atomic E-state index is 0.0738. The first kappa shape index (κ1) is 29.2. The topological polar surface area (TPSA) is 113 Å². The molecular formula is C22H30O8S3. The largest absolute Gasteiger partial charge is 0.463 e. The molecule has 1 rings (SSSR count). The van der Waals surface area contributed by atoms with Crippen LogP contribution in [0.4, 0.5) is 4.79 Å². The van der Waals surface area contributed by atoms with Gasteiger partial charge in [0.25, 0.3) is 0 Å². The minimum Gasteiger partial charge on any atom is -0.463 e. The van der Waals surface area contributed by atoms with Crippen LogP contribution in [-0.2, 0) is 28.6 Å². The predicted molar refractivity (Wildman–Crippen MR) is 129 cm³/mol.